The first-order chi connectivity index (χ1) is 13.0. The van der Waals surface area contributed by atoms with E-state index in [1.165, 1.54) is 4.90 Å². The number of rotatable bonds is 1. The molecule has 1 saturated carbocycles. The average molecular weight is 383 g/mol. The Kier molecular flexibility index (Phi) is 3.77. The number of Topliss-reactive ketones (excluding diaryl/α,β-unsaturated/α-hetero) is 1. The fourth-order valence-electron chi connectivity index (χ4n) is 5.43. The Labute approximate surface area is 164 Å². The van der Waals surface area contributed by atoms with Crippen LogP contribution in [0.25, 0.3) is 4.85 Å². The number of fused-ring (bicyclic) bond motifs is 3. The van der Waals surface area contributed by atoms with Crippen LogP contribution in [0.2, 0.25) is 0 Å². The number of amides is 3. The largest absolute Gasteiger partial charge is 0.330 e. The van der Waals surface area contributed by atoms with Gasteiger partial charge in [0, 0.05) is 30.4 Å². The highest BCUT2D eigenvalue weighted by atomic mass is 16.2. The van der Waals surface area contributed by atoms with Crippen molar-refractivity contribution in [3.63, 3.8) is 0 Å². The first-order valence-electron chi connectivity index (χ1n) is 9.66. The molecule has 1 saturated heterocycles. The van der Waals surface area contributed by atoms with Crippen LogP contribution in [-0.2, 0) is 28.5 Å². The van der Waals surface area contributed by atoms with Crippen LogP contribution >= 0.6 is 0 Å². The third-order valence-electron chi connectivity index (χ3n) is 6.90. The van der Waals surface area contributed by atoms with Gasteiger partial charge >= 0.3 is 6.03 Å². The van der Waals surface area contributed by atoms with Gasteiger partial charge in [-0.25, -0.2) is 16.3 Å². The number of anilines is 1. The summed E-state index contributed by atoms with van der Waals surface area (Å²) in [6, 6.07) is -1.11. The predicted octanol–water partition coefficient (Wildman–Crippen LogP) is 1.97. The van der Waals surface area contributed by atoms with E-state index < -0.39 is 23.0 Å². The quantitative estimate of drug-likeness (QED) is 0.593. The summed E-state index contributed by atoms with van der Waals surface area (Å²) in [6.07, 6.45) is 1.85. The molecule has 8 nitrogen and oxygen atoms in total. The second-order valence-electron chi connectivity index (χ2n) is 9.07. The number of ketones is 1. The summed E-state index contributed by atoms with van der Waals surface area (Å²) in [6.45, 7) is 14.8. The summed E-state index contributed by atoms with van der Waals surface area (Å²) in [7, 11) is 1.74. The molecule has 2 fully saturated rings. The van der Waals surface area contributed by atoms with Crippen molar-refractivity contribution in [3.05, 3.63) is 22.7 Å². The molecule has 0 radical (unpaired) electrons. The lowest BCUT2D eigenvalue weighted by molar-refractivity contribution is -0.129. The van der Waals surface area contributed by atoms with Crippen molar-refractivity contribution in [2.75, 3.05) is 4.90 Å². The summed E-state index contributed by atoms with van der Waals surface area (Å²) in [4.78, 5) is 42.7. The normalized spacial score (nSPS) is 33.9. The number of nitrogens with one attached hydrogen (secondary N) is 1. The van der Waals surface area contributed by atoms with E-state index in [-0.39, 0.29) is 23.5 Å². The van der Waals surface area contributed by atoms with Gasteiger partial charge in [0.15, 0.2) is 0 Å². The molecule has 28 heavy (non-hydrogen) atoms. The number of imide groups is 1. The lowest BCUT2D eigenvalue weighted by Gasteiger charge is -2.46. The molecule has 8 heteroatoms. The number of aromatic nitrogens is 2. The van der Waals surface area contributed by atoms with Crippen LogP contribution in [0.15, 0.2) is 0 Å². The Hall–Kier alpha value is -2.69. The lowest BCUT2D eigenvalue weighted by Crippen LogP contribution is -2.51. The van der Waals surface area contributed by atoms with Crippen molar-refractivity contribution < 1.29 is 14.4 Å². The molecule has 1 aromatic heterocycles. The SMILES string of the molecule is [C-]#[N+]C1C[C@]2(C)c3nn(C)c(N4C(=O)NC(C)(C)C4=O)c3CC[C@H]2[C@H](C)C1=O. The number of carbonyl (C=O) groups is 3. The minimum Gasteiger partial charge on any atom is -0.323 e. The number of urea groups is 1. The second kappa shape index (κ2) is 5.66. The molecular weight excluding hydrogens is 358 g/mol. The Balaban J connectivity index is 1.84. The van der Waals surface area contributed by atoms with Gasteiger partial charge in [-0.3, -0.25) is 14.3 Å². The van der Waals surface area contributed by atoms with E-state index in [4.69, 9.17) is 11.7 Å². The molecule has 0 spiro atoms. The highest BCUT2D eigenvalue weighted by Crippen LogP contribution is 2.53. The van der Waals surface area contributed by atoms with E-state index in [1.807, 2.05) is 6.92 Å². The number of hydrogen-bond acceptors (Lipinski definition) is 4. The van der Waals surface area contributed by atoms with Crippen LogP contribution < -0.4 is 10.2 Å². The smallest absolute Gasteiger partial charge is 0.323 e. The van der Waals surface area contributed by atoms with Gasteiger partial charge in [0.1, 0.15) is 11.4 Å². The summed E-state index contributed by atoms with van der Waals surface area (Å²) >= 11 is 0. The summed E-state index contributed by atoms with van der Waals surface area (Å²) in [5.41, 5.74) is 0.310. The molecule has 0 aromatic carbocycles. The van der Waals surface area contributed by atoms with Gasteiger partial charge in [-0.2, -0.15) is 5.10 Å². The van der Waals surface area contributed by atoms with Crippen molar-refractivity contribution in [1.29, 1.82) is 0 Å². The molecule has 148 valence electrons. The summed E-state index contributed by atoms with van der Waals surface area (Å²) in [5.74, 6) is 0.126. The summed E-state index contributed by atoms with van der Waals surface area (Å²) in [5, 5.41) is 7.45. The van der Waals surface area contributed by atoms with Crippen molar-refractivity contribution >= 4 is 23.5 Å². The molecule has 2 heterocycles. The van der Waals surface area contributed by atoms with Crippen molar-refractivity contribution in [1.82, 2.24) is 15.1 Å². The second-order valence-corrected chi connectivity index (χ2v) is 9.07. The van der Waals surface area contributed by atoms with Crippen LogP contribution in [0.4, 0.5) is 10.6 Å². The minimum absolute atomic E-state index is 0.0212. The van der Waals surface area contributed by atoms with Crippen molar-refractivity contribution in [2.24, 2.45) is 18.9 Å². The first-order valence-corrected chi connectivity index (χ1v) is 9.66. The lowest BCUT2D eigenvalue weighted by atomic mass is 9.55. The molecule has 1 aromatic rings. The maximum absolute atomic E-state index is 12.8. The van der Waals surface area contributed by atoms with Crippen LogP contribution in [0.5, 0.6) is 0 Å². The van der Waals surface area contributed by atoms with Gasteiger partial charge in [0.2, 0.25) is 5.78 Å². The molecule has 1 aliphatic heterocycles. The van der Waals surface area contributed by atoms with E-state index in [9.17, 15) is 14.4 Å². The Morgan fingerprint density at radius 1 is 1.25 bits per heavy atom. The standard InChI is InChI=1S/C20H25N5O3/c1-10-12-8-7-11-15(20(12,4)9-13(21-5)14(10)26)23-24(6)16(11)25-17(27)19(2,3)22-18(25)28/h10,12-13H,7-9H2,1-4,6H3,(H,22,28)/t10-,12-,13?,20-/m0/s1. The highest BCUT2D eigenvalue weighted by molar-refractivity contribution is 6.23. The van der Waals surface area contributed by atoms with Gasteiger partial charge in [-0.05, 0) is 32.6 Å². The van der Waals surface area contributed by atoms with Crippen LogP contribution in [0.3, 0.4) is 0 Å². The molecule has 1 unspecified atom stereocenters. The van der Waals surface area contributed by atoms with Crippen LogP contribution in [0.1, 0.15) is 51.8 Å². The maximum Gasteiger partial charge on any atom is 0.330 e. The van der Waals surface area contributed by atoms with Gasteiger partial charge in [0.05, 0.1) is 5.69 Å². The number of carbonyl (C=O) groups excluding carboxylic acids is 3. The van der Waals surface area contributed by atoms with E-state index in [1.54, 1.807) is 25.6 Å². The van der Waals surface area contributed by atoms with Crippen molar-refractivity contribution in [3.8, 4) is 0 Å². The Morgan fingerprint density at radius 3 is 2.50 bits per heavy atom. The number of aryl methyl sites for hydroxylation is 1. The fraction of sp³-hybridized carbons (Fsp3) is 0.650. The topological polar surface area (TPSA) is 88.7 Å². The molecule has 3 aliphatic rings. The molecule has 1 N–H and O–H groups in total. The Morgan fingerprint density at radius 2 is 1.93 bits per heavy atom. The van der Waals surface area contributed by atoms with E-state index in [2.05, 4.69) is 17.1 Å². The van der Waals surface area contributed by atoms with Gasteiger partial charge in [-0.1, -0.05) is 13.8 Å². The molecule has 4 rings (SSSR count). The predicted molar refractivity (Wildman–Crippen MR) is 102 cm³/mol. The molecule has 2 aliphatic carbocycles. The molecule has 4 atom stereocenters. The monoisotopic (exact) mass is 383 g/mol. The average Bonchev–Trinajstić information content (AvgIpc) is 3.05. The zero-order chi connectivity index (χ0) is 20.6. The zero-order valence-corrected chi connectivity index (χ0v) is 16.9. The van der Waals surface area contributed by atoms with Gasteiger partial charge in [-0.15, -0.1) is 0 Å². The zero-order valence-electron chi connectivity index (χ0n) is 16.9. The number of nitrogens with zero attached hydrogens (tertiary/aromatic N) is 4. The van der Waals surface area contributed by atoms with E-state index in [0.717, 1.165) is 17.7 Å². The molecule has 0 bridgehead atoms. The fourth-order valence-corrected chi connectivity index (χ4v) is 5.43. The molecular formula is C20H25N5O3. The number of hydrogen-bond donors (Lipinski definition) is 1. The van der Waals surface area contributed by atoms with Gasteiger partial charge in [0.25, 0.3) is 11.9 Å². The molecule has 3 amide bonds. The van der Waals surface area contributed by atoms with Gasteiger partial charge < -0.3 is 10.2 Å². The minimum atomic E-state index is -0.962. The van der Waals surface area contributed by atoms with Crippen LogP contribution in [-0.4, -0.2) is 39.1 Å². The third kappa shape index (κ3) is 2.22. The Bertz CT molecular complexity index is 956. The van der Waals surface area contributed by atoms with E-state index in [0.29, 0.717) is 18.7 Å². The third-order valence-corrected chi connectivity index (χ3v) is 6.90. The first kappa shape index (κ1) is 18.7. The van der Waals surface area contributed by atoms with Crippen molar-refractivity contribution in [2.45, 2.75) is 64.0 Å². The summed E-state index contributed by atoms with van der Waals surface area (Å²) < 4.78 is 1.60. The maximum atomic E-state index is 12.8. The van der Waals surface area contributed by atoms with Crippen LogP contribution in [0, 0.1) is 18.4 Å². The van der Waals surface area contributed by atoms with E-state index >= 15 is 0 Å². The highest BCUT2D eigenvalue weighted by Gasteiger charge is 2.57.